The van der Waals surface area contributed by atoms with Crippen LogP contribution in [0.3, 0.4) is 0 Å². The normalized spacial score (nSPS) is 41.2. The molecule has 70 valence electrons. The second-order valence-corrected chi connectivity index (χ2v) is 2.44. The Balaban J connectivity index is 2.53. The van der Waals surface area contributed by atoms with E-state index in [0.717, 1.165) is 0 Å². The highest BCUT2D eigenvalue weighted by atomic mass is 16.7. The van der Waals surface area contributed by atoms with E-state index in [-0.39, 0.29) is 6.47 Å². The summed E-state index contributed by atoms with van der Waals surface area (Å²) in [5, 5.41) is 26.8. The van der Waals surface area contributed by atoms with Gasteiger partial charge in [0.1, 0.15) is 18.3 Å². The molecule has 0 radical (unpaired) electrons. The number of carbonyl (C=O) groups is 1. The second-order valence-electron chi connectivity index (χ2n) is 2.44. The standard InChI is InChI=1S/C6H10O6/c7-1-3-4(9)5(10)6(12-3)11-2-8/h2-7,9-10H,1H2/t3-,4-,5-,6+/m1/s1. The van der Waals surface area contributed by atoms with Crippen LogP contribution in [0.1, 0.15) is 0 Å². The molecular weight excluding hydrogens is 168 g/mol. The topological polar surface area (TPSA) is 96.2 Å². The van der Waals surface area contributed by atoms with E-state index in [2.05, 4.69) is 4.74 Å². The van der Waals surface area contributed by atoms with Crippen LogP contribution in [-0.2, 0) is 14.3 Å². The van der Waals surface area contributed by atoms with Gasteiger partial charge in [-0.1, -0.05) is 0 Å². The molecular formula is C6H10O6. The molecule has 3 N–H and O–H groups in total. The fraction of sp³-hybridized carbons (Fsp3) is 0.833. The molecule has 0 unspecified atom stereocenters. The minimum atomic E-state index is -1.30. The van der Waals surface area contributed by atoms with Crippen molar-refractivity contribution in [1.29, 1.82) is 0 Å². The van der Waals surface area contributed by atoms with E-state index in [1.807, 2.05) is 0 Å². The SMILES string of the molecule is O=CO[C@H]1O[C@H](CO)[C@@H](O)[C@H]1O. The van der Waals surface area contributed by atoms with Crippen molar-refractivity contribution in [3.63, 3.8) is 0 Å². The van der Waals surface area contributed by atoms with Crippen molar-refractivity contribution in [3.8, 4) is 0 Å². The lowest BCUT2D eigenvalue weighted by atomic mass is 10.1. The number of carbonyl (C=O) groups excluding carboxylic acids is 1. The van der Waals surface area contributed by atoms with Crippen molar-refractivity contribution >= 4 is 6.47 Å². The van der Waals surface area contributed by atoms with E-state index < -0.39 is 31.2 Å². The molecule has 6 heteroatoms. The first-order valence-electron chi connectivity index (χ1n) is 3.42. The Morgan fingerprint density at radius 1 is 1.42 bits per heavy atom. The first-order chi connectivity index (χ1) is 5.70. The summed E-state index contributed by atoms with van der Waals surface area (Å²) in [7, 11) is 0. The smallest absolute Gasteiger partial charge is 0.295 e. The van der Waals surface area contributed by atoms with E-state index in [4.69, 9.17) is 20.1 Å². The average molecular weight is 178 g/mol. The van der Waals surface area contributed by atoms with E-state index in [1.54, 1.807) is 0 Å². The predicted molar refractivity (Wildman–Crippen MR) is 34.9 cm³/mol. The molecule has 0 saturated carbocycles. The number of aliphatic hydroxyl groups is 3. The van der Waals surface area contributed by atoms with Crippen molar-refractivity contribution in [2.45, 2.75) is 24.6 Å². The molecule has 6 nitrogen and oxygen atoms in total. The Hall–Kier alpha value is -0.690. The van der Waals surface area contributed by atoms with Crippen LogP contribution in [0.15, 0.2) is 0 Å². The van der Waals surface area contributed by atoms with Crippen LogP contribution in [0.25, 0.3) is 0 Å². The van der Waals surface area contributed by atoms with Gasteiger partial charge in [0.05, 0.1) is 6.61 Å². The summed E-state index contributed by atoms with van der Waals surface area (Å²) in [6.45, 7) is -0.322. The van der Waals surface area contributed by atoms with E-state index in [0.29, 0.717) is 0 Å². The molecule has 12 heavy (non-hydrogen) atoms. The Labute approximate surface area is 68.3 Å². The molecule has 1 aliphatic heterocycles. The van der Waals surface area contributed by atoms with Crippen molar-refractivity contribution < 1.29 is 29.6 Å². The van der Waals surface area contributed by atoms with Crippen LogP contribution >= 0.6 is 0 Å². The van der Waals surface area contributed by atoms with Crippen LogP contribution in [0.2, 0.25) is 0 Å². The Bertz CT molecular complexity index is 160. The van der Waals surface area contributed by atoms with Crippen LogP contribution in [0.5, 0.6) is 0 Å². The zero-order valence-corrected chi connectivity index (χ0v) is 6.16. The predicted octanol–water partition coefficient (Wildman–Crippen LogP) is -2.40. The van der Waals surface area contributed by atoms with Gasteiger partial charge in [0.2, 0.25) is 6.29 Å². The Morgan fingerprint density at radius 3 is 2.50 bits per heavy atom. The van der Waals surface area contributed by atoms with Gasteiger partial charge in [-0.3, -0.25) is 4.79 Å². The van der Waals surface area contributed by atoms with Crippen molar-refractivity contribution in [1.82, 2.24) is 0 Å². The molecule has 0 aromatic rings. The third-order valence-corrected chi connectivity index (χ3v) is 1.69. The van der Waals surface area contributed by atoms with Crippen LogP contribution in [-0.4, -0.2) is 53.0 Å². The van der Waals surface area contributed by atoms with Gasteiger partial charge < -0.3 is 24.8 Å². The van der Waals surface area contributed by atoms with E-state index in [9.17, 15) is 4.79 Å². The molecule has 0 aliphatic carbocycles. The Kier molecular flexibility index (Phi) is 2.99. The minimum Gasteiger partial charge on any atom is -0.435 e. The van der Waals surface area contributed by atoms with Gasteiger partial charge in [-0.25, -0.2) is 0 Å². The van der Waals surface area contributed by atoms with Gasteiger partial charge in [-0.2, -0.15) is 0 Å². The van der Waals surface area contributed by atoms with Gasteiger partial charge in [0, 0.05) is 0 Å². The molecule has 1 aliphatic rings. The zero-order chi connectivity index (χ0) is 9.14. The van der Waals surface area contributed by atoms with Crippen LogP contribution < -0.4 is 0 Å². The van der Waals surface area contributed by atoms with Gasteiger partial charge >= 0.3 is 0 Å². The third-order valence-electron chi connectivity index (χ3n) is 1.69. The minimum absolute atomic E-state index is 0.111. The molecule has 0 bridgehead atoms. The number of aliphatic hydroxyl groups excluding tert-OH is 3. The summed E-state index contributed by atoms with van der Waals surface area (Å²) in [6.07, 6.45) is -4.60. The second kappa shape index (κ2) is 3.81. The molecule has 0 spiro atoms. The van der Waals surface area contributed by atoms with Gasteiger partial charge in [-0.05, 0) is 0 Å². The average Bonchev–Trinajstić information content (AvgIpc) is 2.33. The van der Waals surface area contributed by atoms with Crippen LogP contribution in [0, 0.1) is 0 Å². The lowest BCUT2D eigenvalue weighted by Gasteiger charge is -2.11. The lowest BCUT2D eigenvalue weighted by Crippen LogP contribution is -2.34. The highest BCUT2D eigenvalue weighted by molar-refractivity contribution is 5.37. The maximum atomic E-state index is 9.85. The van der Waals surface area contributed by atoms with Gasteiger partial charge in [0.15, 0.2) is 0 Å². The zero-order valence-electron chi connectivity index (χ0n) is 6.16. The maximum absolute atomic E-state index is 9.85. The molecule has 0 aromatic carbocycles. The largest absolute Gasteiger partial charge is 0.435 e. The first-order valence-corrected chi connectivity index (χ1v) is 3.42. The van der Waals surface area contributed by atoms with Gasteiger partial charge in [-0.15, -0.1) is 0 Å². The van der Waals surface area contributed by atoms with E-state index >= 15 is 0 Å². The molecule has 1 rings (SSSR count). The van der Waals surface area contributed by atoms with Gasteiger partial charge in [0.25, 0.3) is 6.47 Å². The fourth-order valence-corrected chi connectivity index (χ4v) is 1.03. The highest BCUT2D eigenvalue weighted by Gasteiger charge is 2.43. The fourth-order valence-electron chi connectivity index (χ4n) is 1.03. The van der Waals surface area contributed by atoms with Crippen molar-refractivity contribution in [2.75, 3.05) is 6.61 Å². The number of hydrogen-bond acceptors (Lipinski definition) is 6. The molecule has 1 saturated heterocycles. The van der Waals surface area contributed by atoms with Crippen molar-refractivity contribution in [3.05, 3.63) is 0 Å². The number of rotatable bonds is 3. The summed E-state index contributed by atoms with van der Waals surface area (Å²) in [6, 6.07) is 0. The summed E-state index contributed by atoms with van der Waals surface area (Å²) in [4.78, 5) is 9.85. The maximum Gasteiger partial charge on any atom is 0.295 e. The lowest BCUT2D eigenvalue weighted by molar-refractivity contribution is -0.176. The molecule has 1 heterocycles. The summed E-state index contributed by atoms with van der Waals surface area (Å²) in [5.74, 6) is 0. The Morgan fingerprint density at radius 2 is 2.08 bits per heavy atom. The highest BCUT2D eigenvalue weighted by Crippen LogP contribution is 2.20. The van der Waals surface area contributed by atoms with Crippen LogP contribution in [0.4, 0.5) is 0 Å². The van der Waals surface area contributed by atoms with E-state index in [1.165, 1.54) is 0 Å². The molecule has 4 atom stereocenters. The summed E-state index contributed by atoms with van der Waals surface area (Å²) in [5.41, 5.74) is 0. The molecule has 1 fully saturated rings. The number of ether oxygens (including phenoxy) is 2. The first kappa shape index (κ1) is 9.40. The number of hydrogen-bond donors (Lipinski definition) is 3. The third kappa shape index (κ3) is 1.56. The summed E-state index contributed by atoms with van der Waals surface area (Å²) < 4.78 is 9.07. The van der Waals surface area contributed by atoms with Crippen molar-refractivity contribution in [2.24, 2.45) is 0 Å². The molecule has 0 amide bonds. The quantitative estimate of drug-likeness (QED) is 0.417. The summed E-state index contributed by atoms with van der Waals surface area (Å²) >= 11 is 0. The monoisotopic (exact) mass is 178 g/mol. The molecule has 0 aromatic heterocycles.